The number of aromatic nitrogens is 2. The van der Waals surface area contributed by atoms with Crippen LogP contribution in [0.5, 0.6) is 0 Å². The summed E-state index contributed by atoms with van der Waals surface area (Å²) in [7, 11) is 0. The SMILES string of the molecule is Cc1nc2c(c(N3CC4CN(C(=O)COCc5ccccc5)CC4C3)n1)CCC2. The van der Waals surface area contributed by atoms with Crippen molar-refractivity contribution in [3.8, 4) is 0 Å². The van der Waals surface area contributed by atoms with Crippen LogP contribution in [0, 0.1) is 18.8 Å². The normalized spacial score (nSPS) is 22.8. The van der Waals surface area contributed by atoms with Crippen molar-refractivity contribution in [3.63, 3.8) is 0 Å². The zero-order valence-corrected chi connectivity index (χ0v) is 17.0. The van der Waals surface area contributed by atoms with Crippen LogP contribution in [0.3, 0.4) is 0 Å². The average Bonchev–Trinajstić information content (AvgIpc) is 3.42. The standard InChI is InChI=1S/C23H28N4O2/c1-16-24-21-9-5-8-20(21)23(25-16)27-12-18-10-26(11-19(18)13-27)22(28)15-29-14-17-6-3-2-4-7-17/h2-4,6-7,18-19H,5,8-15H2,1H3. The highest BCUT2D eigenvalue weighted by Crippen LogP contribution is 2.37. The molecule has 0 radical (unpaired) electrons. The lowest BCUT2D eigenvalue weighted by molar-refractivity contribution is -0.135. The molecule has 0 spiro atoms. The third kappa shape index (κ3) is 3.73. The van der Waals surface area contributed by atoms with Crippen LogP contribution in [-0.4, -0.2) is 53.6 Å². The van der Waals surface area contributed by atoms with E-state index in [1.807, 2.05) is 42.2 Å². The molecule has 6 heteroatoms. The van der Waals surface area contributed by atoms with Gasteiger partial charge in [-0.05, 0) is 31.7 Å². The Morgan fingerprint density at radius 1 is 1.07 bits per heavy atom. The summed E-state index contributed by atoms with van der Waals surface area (Å²) in [6.45, 7) is 6.29. The number of carbonyl (C=O) groups is 1. The van der Waals surface area contributed by atoms with E-state index in [0.717, 1.165) is 56.2 Å². The number of anilines is 1. The second-order valence-electron chi connectivity index (χ2n) is 8.58. The molecular formula is C23H28N4O2. The quantitative estimate of drug-likeness (QED) is 0.782. The van der Waals surface area contributed by atoms with Crippen molar-refractivity contribution < 1.29 is 9.53 Å². The van der Waals surface area contributed by atoms with Crippen LogP contribution in [0.2, 0.25) is 0 Å². The average molecular weight is 393 g/mol. The molecule has 3 heterocycles. The molecule has 2 fully saturated rings. The molecule has 2 aliphatic heterocycles. The first kappa shape index (κ1) is 18.6. The number of fused-ring (bicyclic) bond motifs is 2. The van der Waals surface area contributed by atoms with Gasteiger partial charge in [0.05, 0.1) is 6.61 Å². The van der Waals surface area contributed by atoms with E-state index in [1.165, 1.54) is 17.7 Å². The summed E-state index contributed by atoms with van der Waals surface area (Å²) < 4.78 is 5.65. The Morgan fingerprint density at radius 2 is 1.83 bits per heavy atom. The minimum absolute atomic E-state index is 0.112. The molecule has 1 aromatic carbocycles. The maximum absolute atomic E-state index is 12.6. The van der Waals surface area contributed by atoms with Crippen LogP contribution in [-0.2, 0) is 29.0 Å². The lowest BCUT2D eigenvalue weighted by atomic mass is 10.0. The molecule has 1 aliphatic carbocycles. The van der Waals surface area contributed by atoms with Gasteiger partial charge in [0, 0.05) is 49.3 Å². The molecule has 0 bridgehead atoms. The summed E-state index contributed by atoms with van der Waals surface area (Å²) in [6, 6.07) is 10.00. The number of likely N-dealkylation sites (tertiary alicyclic amines) is 1. The molecule has 29 heavy (non-hydrogen) atoms. The van der Waals surface area contributed by atoms with E-state index in [4.69, 9.17) is 9.72 Å². The molecule has 2 aromatic rings. The molecule has 6 nitrogen and oxygen atoms in total. The Labute approximate surface area is 171 Å². The zero-order chi connectivity index (χ0) is 19.8. The van der Waals surface area contributed by atoms with E-state index < -0.39 is 0 Å². The second-order valence-corrected chi connectivity index (χ2v) is 8.58. The van der Waals surface area contributed by atoms with Crippen molar-refractivity contribution in [2.75, 3.05) is 37.7 Å². The fourth-order valence-electron chi connectivity index (χ4n) is 5.09. The highest BCUT2D eigenvalue weighted by Gasteiger charge is 2.42. The van der Waals surface area contributed by atoms with E-state index in [-0.39, 0.29) is 12.5 Å². The fraction of sp³-hybridized carbons (Fsp3) is 0.522. The van der Waals surface area contributed by atoms with E-state index in [0.29, 0.717) is 18.4 Å². The third-order valence-electron chi connectivity index (χ3n) is 6.50. The lowest BCUT2D eigenvalue weighted by Crippen LogP contribution is -2.35. The van der Waals surface area contributed by atoms with Gasteiger partial charge in [-0.15, -0.1) is 0 Å². The number of hydrogen-bond acceptors (Lipinski definition) is 5. The first-order valence-electron chi connectivity index (χ1n) is 10.7. The molecular weight excluding hydrogens is 364 g/mol. The number of carbonyl (C=O) groups excluding carboxylic acids is 1. The summed E-state index contributed by atoms with van der Waals surface area (Å²) >= 11 is 0. The smallest absolute Gasteiger partial charge is 0.248 e. The number of rotatable bonds is 5. The van der Waals surface area contributed by atoms with Crippen LogP contribution in [0.4, 0.5) is 5.82 Å². The largest absolute Gasteiger partial charge is 0.367 e. The Hall–Kier alpha value is -2.47. The van der Waals surface area contributed by atoms with Gasteiger partial charge >= 0.3 is 0 Å². The van der Waals surface area contributed by atoms with Crippen LogP contribution in [0.15, 0.2) is 30.3 Å². The van der Waals surface area contributed by atoms with Crippen LogP contribution in [0.1, 0.15) is 29.1 Å². The fourth-order valence-corrected chi connectivity index (χ4v) is 5.09. The topological polar surface area (TPSA) is 58.6 Å². The monoisotopic (exact) mass is 392 g/mol. The van der Waals surface area contributed by atoms with Gasteiger partial charge in [-0.3, -0.25) is 4.79 Å². The third-order valence-corrected chi connectivity index (χ3v) is 6.50. The van der Waals surface area contributed by atoms with Gasteiger partial charge in [0.25, 0.3) is 0 Å². The highest BCUT2D eigenvalue weighted by molar-refractivity contribution is 5.78. The first-order chi connectivity index (χ1) is 14.2. The maximum atomic E-state index is 12.6. The van der Waals surface area contributed by atoms with Crippen LogP contribution < -0.4 is 4.90 Å². The highest BCUT2D eigenvalue weighted by atomic mass is 16.5. The van der Waals surface area contributed by atoms with E-state index in [9.17, 15) is 4.79 Å². The van der Waals surface area contributed by atoms with Crippen LogP contribution in [0.25, 0.3) is 0 Å². The predicted molar refractivity (Wildman–Crippen MR) is 111 cm³/mol. The van der Waals surface area contributed by atoms with Gasteiger partial charge < -0.3 is 14.5 Å². The molecule has 2 saturated heterocycles. The molecule has 1 amide bonds. The van der Waals surface area contributed by atoms with Crippen molar-refractivity contribution in [3.05, 3.63) is 53.0 Å². The second kappa shape index (κ2) is 7.75. The minimum Gasteiger partial charge on any atom is -0.367 e. The van der Waals surface area contributed by atoms with Gasteiger partial charge in [0.15, 0.2) is 0 Å². The van der Waals surface area contributed by atoms with Crippen molar-refractivity contribution >= 4 is 11.7 Å². The van der Waals surface area contributed by atoms with Crippen molar-refractivity contribution in [2.24, 2.45) is 11.8 Å². The molecule has 2 atom stereocenters. The molecule has 0 N–H and O–H groups in total. The molecule has 5 rings (SSSR count). The predicted octanol–water partition coefficient (Wildman–Crippen LogP) is 2.39. The summed E-state index contributed by atoms with van der Waals surface area (Å²) in [6.07, 6.45) is 3.37. The Morgan fingerprint density at radius 3 is 2.59 bits per heavy atom. The number of benzene rings is 1. The molecule has 0 saturated carbocycles. The number of hydrogen-bond donors (Lipinski definition) is 0. The van der Waals surface area contributed by atoms with Gasteiger partial charge in [-0.25, -0.2) is 9.97 Å². The number of amides is 1. The molecule has 2 unspecified atom stereocenters. The van der Waals surface area contributed by atoms with Gasteiger partial charge in [0.1, 0.15) is 18.2 Å². The molecule has 3 aliphatic rings. The van der Waals surface area contributed by atoms with Crippen molar-refractivity contribution in [2.45, 2.75) is 32.8 Å². The Balaban J connectivity index is 1.16. The summed E-state index contributed by atoms with van der Waals surface area (Å²) in [5.41, 5.74) is 3.71. The van der Waals surface area contributed by atoms with Gasteiger partial charge in [-0.2, -0.15) is 0 Å². The van der Waals surface area contributed by atoms with Crippen molar-refractivity contribution in [1.29, 1.82) is 0 Å². The van der Waals surface area contributed by atoms with Crippen LogP contribution >= 0.6 is 0 Å². The number of nitrogens with zero attached hydrogens (tertiary/aromatic N) is 4. The van der Waals surface area contributed by atoms with E-state index in [1.54, 1.807) is 0 Å². The number of aryl methyl sites for hydroxylation is 2. The summed E-state index contributed by atoms with van der Waals surface area (Å²) in [4.78, 5) is 26.5. The minimum atomic E-state index is 0.112. The zero-order valence-electron chi connectivity index (χ0n) is 17.0. The lowest BCUT2D eigenvalue weighted by Gasteiger charge is -2.24. The Kier molecular flexibility index (Phi) is 4.96. The van der Waals surface area contributed by atoms with E-state index >= 15 is 0 Å². The van der Waals surface area contributed by atoms with E-state index in [2.05, 4.69) is 9.88 Å². The number of ether oxygens (including phenoxy) is 1. The summed E-state index contributed by atoms with van der Waals surface area (Å²) in [5, 5.41) is 0. The molecule has 152 valence electrons. The maximum Gasteiger partial charge on any atom is 0.248 e. The van der Waals surface area contributed by atoms with Gasteiger partial charge in [0.2, 0.25) is 5.91 Å². The molecule has 1 aromatic heterocycles. The Bertz CT molecular complexity index is 887. The van der Waals surface area contributed by atoms with Gasteiger partial charge in [-0.1, -0.05) is 30.3 Å². The van der Waals surface area contributed by atoms with Crippen molar-refractivity contribution in [1.82, 2.24) is 14.9 Å². The summed E-state index contributed by atoms with van der Waals surface area (Å²) in [5.74, 6) is 3.20. The first-order valence-corrected chi connectivity index (χ1v) is 10.7.